The first-order valence-electron chi connectivity index (χ1n) is 16.8. The van der Waals surface area contributed by atoms with E-state index in [1.807, 2.05) is 6.07 Å². The first-order valence-corrected chi connectivity index (χ1v) is 18.9. The van der Waals surface area contributed by atoms with Crippen LogP contribution in [-0.2, 0) is 36.1 Å². The zero-order valence-electron chi connectivity index (χ0n) is 27.9. The van der Waals surface area contributed by atoms with Gasteiger partial charge in [-0.2, -0.15) is 0 Å². The van der Waals surface area contributed by atoms with Crippen molar-refractivity contribution in [2.75, 3.05) is 30.3 Å². The lowest BCUT2D eigenvalue weighted by Crippen LogP contribution is -2.49. The van der Waals surface area contributed by atoms with E-state index in [0.29, 0.717) is 43.3 Å². The molecule has 2 aromatic carbocycles. The van der Waals surface area contributed by atoms with Crippen molar-refractivity contribution in [3.05, 3.63) is 83.4 Å². The number of aryl methyl sites for hydroxylation is 1. The summed E-state index contributed by atoms with van der Waals surface area (Å²) in [4.78, 5) is 40.1. The van der Waals surface area contributed by atoms with Crippen molar-refractivity contribution in [1.82, 2.24) is 4.72 Å². The largest absolute Gasteiger partial charge is 0.490 e. The van der Waals surface area contributed by atoms with Gasteiger partial charge in [-0.25, -0.2) is 4.21 Å². The predicted octanol–water partition coefficient (Wildman–Crippen LogP) is 6.97. The minimum Gasteiger partial charge on any atom is -0.490 e. The molecule has 0 saturated heterocycles. The Bertz CT molecular complexity index is 1700. The van der Waals surface area contributed by atoms with E-state index in [1.165, 1.54) is 18.1 Å². The number of halogens is 1. The summed E-state index contributed by atoms with van der Waals surface area (Å²) in [5, 5.41) is 0.710. The lowest BCUT2D eigenvalue weighted by Gasteiger charge is -2.45. The van der Waals surface area contributed by atoms with Crippen LogP contribution in [0.3, 0.4) is 0 Å². The molecule has 2 aliphatic carbocycles. The molecule has 1 unspecified atom stereocenters. The third-order valence-corrected chi connectivity index (χ3v) is 11.9. The van der Waals surface area contributed by atoms with Crippen LogP contribution < -0.4 is 14.4 Å². The summed E-state index contributed by atoms with van der Waals surface area (Å²) in [6, 6.07) is 11.3. The molecule has 3 aliphatic rings. The van der Waals surface area contributed by atoms with Crippen LogP contribution in [0.5, 0.6) is 5.75 Å². The Morgan fingerprint density at radius 1 is 1.23 bits per heavy atom. The van der Waals surface area contributed by atoms with E-state index in [-0.39, 0.29) is 47.1 Å². The molecule has 1 N–H and O–H groups in total. The van der Waals surface area contributed by atoms with Crippen LogP contribution in [-0.4, -0.2) is 53.5 Å². The van der Waals surface area contributed by atoms with E-state index in [9.17, 15) is 18.6 Å². The molecular formula is C37H46ClN3O6S. The van der Waals surface area contributed by atoms with Gasteiger partial charge in [-0.3, -0.25) is 19.1 Å². The zero-order valence-corrected chi connectivity index (χ0v) is 29.5. The summed E-state index contributed by atoms with van der Waals surface area (Å²) in [7, 11) is -3.34. The van der Waals surface area contributed by atoms with Gasteiger partial charge in [0.2, 0.25) is 5.91 Å². The maximum atomic E-state index is 13.7. The van der Waals surface area contributed by atoms with Crippen molar-refractivity contribution in [3.8, 4) is 5.75 Å². The molecule has 0 radical (unpaired) electrons. The number of nitrogens with one attached hydrogen (secondary N) is 1. The van der Waals surface area contributed by atoms with Crippen molar-refractivity contribution in [2.24, 2.45) is 16.2 Å². The standard InChI is InChI=1S/C37H46ClN3O6S/c1-5-8-9-19-48(45,39-35(43)7-3)40-36(44)27-13-17-34-32(21-27)41(22-28-12-15-30(28)33(6-2)47-25(4)42)23-37(24-46-34)18-10-11-26-20-29(38)14-16-31(26)37/h5-6,13-14,16-17,20-21,28,30,33H,1-2,7-12,15,18-19,22-24H2,3-4H3,(H,39,40,43,44,45)/t28-,30+,33-,37-,48?/m0/s1. The van der Waals surface area contributed by atoms with Gasteiger partial charge in [-0.15, -0.1) is 10.9 Å². The van der Waals surface area contributed by atoms with E-state index in [2.05, 4.69) is 39.3 Å². The molecule has 0 bridgehead atoms. The van der Waals surface area contributed by atoms with E-state index in [1.54, 1.807) is 37.3 Å². The summed E-state index contributed by atoms with van der Waals surface area (Å²) < 4.78 is 32.5. The minimum absolute atomic E-state index is 0.0402. The molecule has 1 heterocycles. The van der Waals surface area contributed by atoms with Crippen LogP contribution in [0.1, 0.15) is 80.3 Å². The first kappa shape index (κ1) is 35.7. The number of carbonyl (C=O) groups is 3. The number of benzene rings is 2. The highest BCUT2D eigenvalue weighted by Crippen LogP contribution is 2.47. The second-order valence-electron chi connectivity index (χ2n) is 13.1. The lowest BCUT2D eigenvalue weighted by atomic mass is 9.68. The van der Waals surface area contributed by atoms with Crippen molar-refractivity contribution in [2.45, 2.75) is 76.7 Å². The Balaban J connectivity index is 1.53. The van der Waals surface area contributed by atoms with Crippen LogP contribution in [0, 0.1) is 11.8 Å². The average molecular weight is 696 g/mol. The van der Waals surface area contributed by atoms with Gasteiger partial charge in [0.25, 0.3) is 5.91 Å². The summed E-state index contributed by atoms with van der Waals surface area (Å²) in [5.74, 6) is -0.422. The molecule has 258 valence electrons. The van der Waals surface area contributed by atoms with Gasteiger partial charge in [0.15, 0.2) is 0 Å². The number of esters is 1. The Hall–Kier alpha value is -3.63. The number of ether oxygens (including phenoxy) is 2. The molecule has 1 aliphatic heterocycles. The molecular weight excluding hydrogens is 650 g/mol. The minimum atomic E-state index is -3.34. The summed E-state index contributed by atoms with van der Waals surface area (Å²) in [5.41, 5.74) is 3.13. The first-order chi connectivity index (χ1) is 23.0. The highest BCUT2D eigenvalue weighted by Gasteiger charge is 2.44. The highest BCUT2D eigenvalue weighted by atomic mass is 35.5. The Morgan fingerprint density at radius 2 is 2.04 bits per heavy atom. The van der Waals surface area contributed by atoms with Gasteiger partial charge in [0.05, 0.1) is 18.0 Å². The Kier molecular flexibility index (Phi) is 11.4. The van der Waals surface area contributed by atoms with Crippen molar-refractivity contribution >= 4 is 45.0 Å². The summed E-state index contributed by atoms with van der Waals surface area (Å²) in [6.45, 7) is 12.5. The van der Waals surface area contributed by atoms with Crippen LogP contribution >= 0.6 is 11.6 Å². The van der Waals surface area contributed by atoms with Gasteiger partial charge in [0.1, 0.15) is 21.8 Å². The van der Waals surface area contributed by atoms with Crippen LogP contribution in [0.25, 0.3) is 0 Å². The molecule has 5 atom stereocenters. The Morgan fingerprint density at radius 3 is 2.73 bits per heavy atom. The topological polar surface area (TPSA) is 114 Å². The molecule has 48 heavy (non-hydrogen) atoms. The number of amides is 2. The molecule has 1 saturated carbocycles. The number of hydrogen-bond acceptors (Lipinski definition) is 7. The number of nitrogens with zero attached hydrogens (tertiary/aromatic N) is 2. The average Bonchev–Trinajstić information content (AvgIpc) is 3.19. The van der Waals surface area contributed by atoms with Gasteiger partial charge >= 0.3 is 5.97 Å². The molecule has 0 aromatic heterocycles. The van der Waals surface area contributed by atoms with Gasteiger partial charge in [-0.1, -0.05) is 43.3 Å². The van der Waals surface area contributed by atoms with E-state index in [4.69, 9.17) is 21.1 Å². The van der Waals surface area contributed by atoms with Crippen LogP contribution in [0.2, 0.25) is 5.02 Å². The number of allylic oxidation sites excluding steroid dienone is 1. The molecule has 9 nitrogen and oxygen atoms in total. The SMILES string of the molecule is C=CCCCS(=O)(=NC(=O)c1ccc2c(c1)N(C[C@@H]1CC[C@H]1[C@H](C=C)OC(C)=O)C[C@@]1(CCCc3cc(Cl)ccc31)CO2)NC(=O)CC. The lowest BCUT2D eigenvalue weighted by molar-refractivity contribution is -0.149. The molecule has 2 aromatic rings. The zero-order chi connectivity index (χ0) is 34.5. The van der Waals surface area contributed by atoms with Crippen LogP contribution in [0.15, 0.2) is 66.1 Å². The number of unbranched alkanes of at least 4 members (excludes halogenated alkanes) is 1. The third-order valence-electron chi connectivity index (χ3n) is 9.83. The number of carbonyl (C=O) groups excluding carboxylic acids is 3. The quantitative estimate of drug-likeness (QED) is 0.145. The molecule has 5 rings (SSSR count). The second-order valence-corrected chi connectivity index (χ2v) is 15.7. The molecule has 1 fully saturated rings. The fourth-order valence-corrected chi connectivity index (χ4v) is 9.13. The molecule has 11 heteroatoms. The maximum absolute atomic E-state index is 13.7. The predicted molar refractivity (Wildman–Crippen MR) is 190 cm³/mol. The highest BCUT2D eigenvalue weighted by molar-refractivity contribution is 7.92. The van der Waals surface area contributed by atoms with Crippen molar-refractivity contribution in [1.29, 1.82) is 0 Å². The number of anilines is 1. The Labute approximate surface area is 289 Å². The van der Waals surface area contributed by atoms with E-state index >= 15 is 0 Å². The van der Waals surface area contributed by atoms with Crippen molar-refractivity contribution in [3.63, 3.8) is 0 Å². The molecule has 1 spiro atoms. The van der Waals surface area contributed by atoms with Gasteiger partial charge in [-0.05, 0) is 92.3 Å². The second kappa shape index (κ2) is 15.3. The molecule has 2 amide bonds. The number of fused-ring (bicyclic) bond motifs is 3. The summed E-state index contributed by atoms with van der Waals surface area (Å²) >= 11 is 6.42. The van der Waals surface area contributed by atoms with E-state index < -0.39 is 21.7 Å². The number of rotatable bonds is 12. The normalized spacial score (nSPS) is 23.1. The van der Waals surface area contributed by atoms with Crippen LogP contribution in [0.4, 0.5) is 5.69 Å². The van der Waals surface area contributed by atoms with Crippen molar-refractivity contribution < 1.29 is 28.1 Å². The number of hydrogen-bond donors (Lipinski definition) is 1. The third kappa shape index (κ3) is 7.97. The monoisotopic (exact) mass is 695 g/mol. The fraction of sp³-hybridized carbons (Fsp3) is 0.486. The van der Waals surface area contributed by atoms with E-state index in [0.717, 1.165) is 37.8 Å². The fourth-order valence-electron chi connectivity index (χ4n) is 7.27. The smallest absolute Gasteiger partial charge is 0.303 e. The summed E-state index contributed by atoms with van der Waals surface area (Å²) in [6.07, 6.45) is 8.93. The maximum Gasteiger partial charge on any atom is 0.303 e. The van der Waals surface area contributed by atoms with Gasteiger partial charge in [0, 0.05) is 48.4 Å². The van der Waals surface area contributed by atoms with Gasteiger partial charge < -0.3 is 14.4 Å².